The highest BCUT2D eigenvalue weighted by Gasteiger charge is 2.11. The number of hydrogen-bond acceptors (Lipinski definition) is 0. The lowest BCUT2D eigenvalue weighted by Gasteiger charge is -2.10. The molecule has 5 heteroatoms. The highest BCUT2D eigenvalue weighted by molar-refractivity contribution is 9.11. The minimum Gasteiger partial charge on any atom is -0.206 e. The smallest absolute Gasteiger partial charge is 0.137 e. The fraction of sp³-hybridized carbons (Fsp3) is 0. The van der Waals surface area contributed by atoms with E-state index in [0.29, 0.717) is 4.47 Å². The van der Waals surface area contributed by atoms with Gasteiger partial charge in [-0.05, 0) is 68.5 Å². The van der Waals surface area contributed by atoms with Crippen LogP contribution in [0.25, 0.3) is 22.3 Å². The van der Waals surface area contributed by atoms with Crippen LogP contribution in [0.5, 0.6) is 0 Å². The molecule has 0 spiro atoms. The molecule has 3 aromatic carbocycles. The van der Waals surface area contributed by atoms with Crippen molar-refractivity contribution in [2.45, 2.75) is 0 Å². The number of halogens is 5. The predicted molar refractivity (Wildman–Crippen MR) is 99.2 cm³/mol. The minimum absolute atomic E-state index is 0.302. The van der Waals surface area contributed by atoms with E-state index >= 15 is 0 Å². The summed E-state index contributed by atoms with van der Waals surface area (Å²) in [6, 6.07) is 16.1. The van der Waals surface area contributed by atoms with Gasteiger partial charge < -0.3 is 0 Å². The molecule has 0 N–H and O–H groups in total. The molecule has 115 valence electrons. The van der Waals surface area contributed by atoms with Crippen LogP contribution in [0.3, 0.4) is 0 Å². The molecule has 0 nitrogen and oxygen atoms in total. The molecule has 0 aliphatic rings. The third-order valence-electron chi connectivity index (χ3n) is 3.38. The Morgan fingerprint density at radius 1 is 0.696 bits per heavy atom. The molecular weight excluding hydrogens is 494 g/mol. The lowest BCUT2D eigenvalue weighted by atomic mass is 10.0. The zero-order chi connectivity index (χ0) is 16.6. The van der Waals surface area contributed by atoms with Gasteiger partial charge in [-0.3, -0.25) is 0 Å². The van der Waals surface area contributed by atoms with Gasteiger partial charge in [-0.15, -0.1) is 0 Å². The van der Waals surface area contributed by atoms with Crippen LogP contribution < -0.4 is 0 Å². The lowest BCUT2D eigenvalue weighted by Crippen LogP contribution is -1.87. The summed E-state index contributed by atoms with van der Waals surface area (Å²) in [6.45, 7) is 0. The average molecular weight is 502 g/mol. The van der Waals surface area contributed by atoms with E-state index in [2.05, 4.69) is 53.9 Å². The van der Waals surface area contributed by atoms with Gasteiger partial charge in [0, 0.05) is 15.0 Å². The van der Waals surface area contributed by atoms with Crippen LogP contribution >= 0.6 is 47.8 Å². The molecular formula is C18H8Br3F2. The molecule has 0 unspecified atom stereocenters. The van der Waals surface area contributed by atoms with E-state index in [1.165, 1.54) is 12.1 Å². The van der Waals surface area contributed by atoms with Crippen molar-refractivity contribution in [1.82, 2.24) is 0 Å². The highest BCUT2D eigenvalue weighted by atomic mass is 79.9. The van der Waals surface area contributed by atoms with Gasteiger partial charge in [0.2, 0.25) is 0 Å². The summed E-state index contributed by atoms with van der Waals surface area (Å²) >= 11 is 10.1. The van der Waals surface area contributed by atoms with Crippen LogP contribution in [-0.4, -0.2) is 0 Å². The Labute approximate surface area is 157 Å². The second-order valence-corrected chi connectivity index (χ2v) is 7.43. The predicted octanol–water partition coefficient (Wildman–Crippen LogP) is 7.39. The third kappa shape index (κ3) is 3.57. The summed E-state index contributed by atoms with van der Waals surface area (Å²) in [6.07, 6.45) is 0. The van der Waals surface area contributed by atoms with Crippen molar-refractivity contribution in [3.63, 3.8) is 0 Å². The van der Waals surface area contributed by atoms with E-state index in [-0.39, 0.29) is 5.82 Å². The van der Waals surface area contributed by atoms with Crippen LogP contribution in [0.15, 0.2) is 61.9 Å². The summed E-state index contributed by atoms with van der Waals surface area (Å²) in [7, 11) is 0. The van der Waals surface area contributed by atoms with Crippen molar-refractivity contribution in [1.29, 1.82) is 0 Å². The Kier molecular flexibility index (Phi) is 4.99. The summed E-state index contributed by atoms with van der Waals surface area (Å²) in [5, 5.41) is 0. The van der Waals surface area contributed by atoms with E-state index in [1.54, 1.807) is 18.2 Å². The molecule has 3 rings (SSSR count). The summed E-state index contributed by atoms with van der Waals surface area (Å²) in [5.74, 6) is -0.717. The Morgan fingerprint density at radius 2 is 1.35 bits per heavy atom. The van der Waals surface area contributed by atoms with Gasteiger partial charge in [0.25, 0.3) is 0 Å². The molecule has 0 aromatic heterocycles. The van der Waals surface area contributed by atoms with E-state index in [4.69, 9.17) is 0 Å². The van der Waals surface area contributed by atoms with Crippen molar-refractivity contribution < 1.29 is 8.78 Å². The van der Waals surface area contributed by atoms with Gasteiger partial charge in [0.15, 0.2) is 0 Å². The standard InChI is InChI=1S/C18H8Br3F2/c19-15-5-3-12(22)9-14(15)13-4-1-10(7-16(13)20)11-2-6-18(23)17(21)8-11/h1-2,4-9H. The maximum atomic E-state index is 13.5. The molecule has 0 bridgehead atoms. The van der Waals surface area contributed by atoms with E-state index in [0.717, 1.165) is 31.2 Å². The Morgan fingerprint density at radius 3 is 2.00 bits per heavy atom. The van der Waals surface area contributed by atoms with Gasteiger partial charge >= 0.3 is 0 Å². The Bertz CT molecular complexity index is 891. The maximum Gasteiger partial charge on any atom is 0.137 e. The molecule has 3 aromatic rings. The summed E-state index contributed by atoms with van der Waals surface area (Å²) < 4.78 is 28.8. The summed E-state index contributed by atoms with van der Waals surface area (Å²) in [5.41, 5.74) is 3.41. The van der Waals surface area contributed by atoms with Crippen molar-refractivity contribution >= 4 is 47.8 Å². The first-order chi connectivity index (χ1) is 11.0. The monoisotopic (exact) mass is 499 g/mol. The Hall–Kier alpha value is -1.04. The number of rotatable bonds is 2. The van der Waals surface area contributed by atoms with Gasteiger partial charge in [0.1, 0.15) is 11.6 Å². The van der Waals surface area contributed by atoms with Crippen LogP contribution in [0, 0.1) is 17.7 Å². The fourth-order valence-electron chi connectivity index (χ4n) is 2.24. The van der Waals surface area contributed by atoms with Crippen molar-refractivity contribution in [2.75, 3.05) is 0 Å². The Balaban J connectivity index is 2.07. The second-order valence-electron chi connectivity index (χ2n) is 4.87. The van der Waals surface area contributed by atoms with Gasteiger partial charge in [0.05, 0.1) is 4.47 Å². The van der Waals surface area contributed by atoms with E-state index < -0.39 is 5.82 Å². The molecule has 0 amide bonds. The first kappa shape index (κ1) is 16.8. The molecule has 0 aliphatic heterocycles. The average Bonchev–Trinajstić information content (AvgIpc) is 2.52. The van der Waals surface area contributed by atoms with Crippen LogP contribution in [0.2, 0.25) is 0 Å². The first-order valence-corrected chi connectivity index (χ1v) is 8.95. The molecule has 0 fully saturated rings. The molecule has 0 saturated carbocycles. The molecule has 0 aliphatic carbocycles. The quantitative estimate of drug-likeness (QED) is 0.343. The molecule has 0 atom stereocenters. The largest absolute Gasteiger partial charge is 0.206 e. The first-order valence-electron chi connectivity index (χ1n) is 6.58. The molecule has 1 radical (unpaired) electrons. The van der Waals surface area contributed by atoms with E-state index in [9.17, 15) is 8.78 Å². The zero-order valence-electron chi connectivity index (χ0n) is 11.5. The van der Waals surface area contributed by atoms with Gasteiger partial charge in [-0.1, -0.05) is 50.1 Å². The number of benzene rings is 3. The third-order valence-corrected chi connectivity index (χ3v) is 5.30. The summed E-state index contributed by atoms with van der Waals surface area (Å²) in [4.78, 5) is 0. The van der Waals surface area contributed by atoms with Gasteiger partial charge in [-0.2, -0.15) is 0 Å². The van der Waals surface area contributed by atoms with Crippen molar-refractivity contribution in [2.24, 2.45) is 0 Å². The SMILES string of the molecule is Fc1[c]cc(Br)c(-c2ccc(-c3ccc(F)c(Br)c3)cc2Br)c1. The normalized spacial score (nSPS) is 10.8. The van der Waals surface area contributed by atoms with Crippen molar-refractivity contribution in [3.8, 4) is 22.3 Å². The highest BCUT2D eigenvalue weighted by Crippen LogP contribution is 2.37. The second kappa shape index (κ2) is 6.83. The molecule has 23 heavy (non-hydrogen) atoms. The van der Waals surface area contributed by atoms with Crippen LogP contribution in [-0.2, 0) is 0 Å². The van der Waals surface area contributed by atoms with Gasteiger partial charge in [-0.25, -0.2) is 8.78 Å². The lowest BCUT2D eigenvalue weighted by molar-refractivity contribution is 0.621. The van der Waals surface area contributed by atoms with E-state index in [1.807, 2.05) is 18.2 Å². The maximum absolute atomic E-state index is 13.5. The fourth-order valence-corrected chi connectivity index (χ4v) is 3.66. The zero-order valence-corrected chi connectivity index (χ0v) is 16.3. The minimum atomic E-state index is -0.415. The number of hydrogen-bond donors (Lipinski definition) is 0. The molecule has 0 heterocycles. The molecule has 0 saturated heterocycles. The topological polar surface area (TPSA) is 0 Å². The van der Waals surface area contributed by atoms with Crippen molar-refractivity contribution in [3.05, 3.63) is 79.6 Å². The van der Waals surface area contributed by atoms with Crippen LogP contribution in [0.4, 0.5) is 8.78 Å². The van der Waals surface area contributed by atoms with Crippen LogP contribution in [0.1, 0.15) is 0 Å².